The lowest BCUT2D eigenvalue weighted by Crippen LogP contribution is -2.63. The summed E-state index contributed by atoms with van der Waals surface area (Å²) in [4.78, 5) is 164. The maximum atomic E-state index is 14.2. The van der Waals surface area contributed by atoms with E-state index in [1.807, 2.05) is 0 Å². The number of rotatable bonds is 17. The van der Waals surface area contributed by atoms with E-state index in [0.29, 0.717) is 24.8 Å². The van der Waals surface area contributed by atoms with Crippen LogP contribution in [0, 0.1) is 11.8 Å². The normalized spacial score (nSPS) is 26.9. The first-order valence-electron chi connectivity index (χ1n) is 26.4. The number of likely N-dealkylation sites (N-methyl/N-ethyl adjacent to an activating group) is 1. The van der Waals surface area contributed by atoms with Gasteiger partial charge in [-0.25, -0.2) is 4.79 Å². The van der Waals surface area contributed by atoms with E-state index in [9.17, 15) is 67.7 Å². The number of ether oxygens (including phenoxy) is 1. The lowest BCUT2D eigenvalue weighted by atomic mass is 9.96. The summed E-state index contributed by atoms with van der Waals surface area (Å²) in [6, 6.07) is -5.15. The number of esters is 1. The Morgan fingerprint density at radius 1 is 0.797 bits per heavy atom. The fraction of sp³-hybridized carbons (Fsp3) is 0.654. The zero-order valence-electron chi connectivity index (χ0n) is 46.6. The first-order valence-corrected chi connectivity index (χ1v) is 26.9. The summed E-state index contributed by atoms with van der Waals surface area (Å²) < 4.78 is 5.73. The Kier molecular flexibility index (Phi) is 28.9. The van der Waals surface area contributed by atoms with Crippen molar-refractivity contribution in [2.24, 2.45) is 17.6 Å². The van der Waals surface area contributed by atoms with Crippen LogP contribution in [0.1, 0.15) is 113 Å². The van der Waals surface area contributed by atoms with E-state index in [2.05, 4.69) is 47.9 Å². The first kappa shape index (κ1) is 68.2. The van der Waals surface area contributed by atoms with E-state index in [1.165, 1.54) is 34.7 Å². The number of carbonyl (C=O) groups is 12. The number of aliphatic hydroxyl groups excluding tert-OH is 2. The molecule has 1 fully saturated rings. The maximum Gasteiger partial charge on any atom is 0.328 e. The predicted molar refractivity (Wildman–Crippen MR) is 287 cm³/mol. The van der Waals surface area contributed by atoms with Crippen LogP contribution in [0.3, 0.4) is 0 Å². The van der Waals surface area contributed by atoms with Crippen LogP contribution >= 0.6 is 11.6 Å². The van der Waals surface area contributed by atoms with E-state index >= 15 is 0 Å². The number of benzene rings is 1. The fourth-order valence-electron chi connectivity index (χ4n) is 8.52. The molecule has 14 atom stereocenters. The van der Waals surface area contributed by atoms with Crippen molar-refractivity contribution >= 4 is 83.1 Å². The number of nitrogens with two attached hydrogens (primary N) is 1. The van der Waals surface area contributed by atoms with Gasteiger partial charge in [0.2, 0.25) is 65.5 Å². The van der Waals surface area contributed by atoms with Gasteiger partial charge in [-0.05, 0) is 58.4 Å². The number of primary amides is 1. The molecular formula is C52H82ClN11O15. The number of hydrogen-bond acceptors (Lipinski definition) is 15. The Morgan fingerprint density at radius 3 is 1.95 bits per heavy atom. The van der Waals surface area contributed by atoms with Crippen LogP contribution in [0.2, 0.25) is 0 Å². The molecule has 442 valence electrons. The van der Waals surface area contributed by atoms with Gasteiger partial charge in [-0.3, -0.25) is 52.7 Å². The van der Waals surface area contributed by atoms with Gasteiger partial charge in [0.15, 0.2) is 0 Å². The summed E-state index contributed by atoms with van der Waals surface area (Å²) in [7, 11) is 1.28. The molecule has 0 bridgehead atoms. The molecule has 11 amide bonds. The summed E-state index contributed by atoms with van der Waals surface area (Å²) in [6.45, 7) is 13.0. The summed E-state index contributed by atoms with van der Waals surface area (Å²) in [6.07, 6.45) is -5.70. The van der Waals surface area contributed by atoms with Crippen LogP contribution in [0.25, 0.3) is 0 Å². The molecule has 1 aliphatic heterocycles. The zero-order chi connectivity index (χ0) is 59.8. The van der Waals surface area contributed by atoms with Crippen LogP contribution in [0.5, 0.6) is 0 Å². The van der Waals surface area contributed by atoms with Crippen LogP contribution in [-0.2, 0) is 68.7 Å². The van der Waals surface area contributed by atoms with Gasteiger partial charge < -0.3 is 73.4 Å². The second kappa shape index (κ2) is 33.5. The lowest BCUT2D eigenvalue weighted by molar-refractivity contribution is -0.156. The molecule has 1 aliphatic rings. The number of nitrogens with one attached hydrogen (secondary N) is 9. The number of halogens is 1. The molecule has 26 nitrogen and oxygen atoms in total. The van der Waals surface area contributed by atoms with Crippen molar-refractivity contribution in [3.05, 3.63) is 35.9 Å². The summed E-state index contributed by atoms with van der Waals surface area (Å²) >= 11 is 6.46. The Labute approximate surface area is 465 Å². The second-order valence-electron chi connectivity index (χ2n) is 20.3. The topological polar surface area (TPSA) is 392 Å². The molecule has 1 saturated heterocycles. The van der Waals surface area contributed by atoms with Crippen molar-refractivity contribution < 1.29 is 72.5 Å². The number of nitrogens with zero attached hydrogens (tertiary/aromatic N) is 1. The minimum atomic E-state index is -1.85. The minimum absolute atomic E-state index is 0.0104. The molecular weight excluding hydrogens is 1050 g/mol. The quantitative estimate of drug-likeness (QED) is 0.0438. The van der Waals surface area contributed by atoms with Gasteiger partial charge in [-0.1, -0.05) is 77.8 Å². The number of aliphatic hydroxyl groups is 2. The Hall–Kier alpha value is -6.93. The molecule has 0 spiro atoms. The smallest absolute Gasteiger partial charge is 0.328 e. The average molecular weight is 1140 g/mol. The second-order valence-corrected chi connectivity index (χ2v) is 21.0. The van der Waals surface area contributed by atoms with Crippen molar-refractivity contribution in [1.82, 2.24) is 52.8 Å². The molecule has 13 N–H and O–H groups in total. The van der Waals surface area contributed by atoms with Gasteiger partial charge in [0.05, 0.1) is 37.6 Å². The van der Waals surface area contributed by atoms with E-state index in [1.54, 1.807) is 58.0 Å². The van der Waals surface area contributed by atoms with Crippen molar-refractivity contribution in [2.45, 2.75) is 192 Å². The van der Waals surface area contributed by atoms with E-state index < -0.39 is 168 Å². The molecule has 0 radical (unpaired) electrons. The first-order chi connectivity index (χ1) is 37.1. The van der Waals surface area contributed by atoms with Crippen LogP contribution in [0.4, 0.5) is 0 Å². The number of carbonyl (C=O) groups excluding carboxylic acids is 12. The third-order valence-electron chi connectivity index (χ3n) is 13.1. The van der Waals surface area contributed by atoms with Crippen molar-refractivity contribution in [2.75, 3.05) is 13.6 Å². The molecule has 0 aromatic heterocycles. The molecule has 1 aromatic carbocycles. The average Bonchev–Trinajstić information content (AvgIpc) is 3.37. The largest absolute Gasteiger partial charge is 0.459 e. The molecule has 27 heteroatoms. The fourth-order valence-corrected chi connectivity index (χ4v) is 8.67. The highest BCUT2D eigenvalue weighted by Crippen LogP contribution is 2.18. The van der Waals surface area contributed by atoms with Gasteiger partial charge in [0.25, 0.3) is 0 Å². The Bertz CT molecular complexity index is 2280. The van der Waals surface area contributed by atoms with Gasteiger partial charge in [0, 0.05) is 24.8 Å². The van der Waals surface area contributed by atoms with Crippen LogP contribution in [-0.4, -0.2) is 178 Å². The summed E-state index contributed by atoms with van der Waals surface area (Å²) in [5.41, 5.74) is 6.02. The Morgan fingerprint density at radius 2 is 1.39 bits per heavy atom. The predicted octanol–water partition coefficient (Wildman–Crippen LogP) is -2.44. The van der Waals surface area contributed by atoms with Gasteiger partial charge >= 0.3 is 5.97 Å². The monoisotopic (exact) mass is 1140 g/mol. The van der Waals surface area contributed by atoms with Gasteiger partial charge in [-0.2, -0.15) is 0 Å². The third kappa shape index (κ3) is 22.4. The Balaban J connectivity index is 2.79. The van der Waals surface area contributed by atoms with E-state index in [0.717, 1.165) is 11.8 Å². The molecule has 1 heterocycles. The van der Waals surface area contributed by atoms with Gasteiger partial charge in [-0.15, -0.1) is 11.6 Å². The summed E-state index contributed by atoms with van der Waals surface area (Å²) in [5.74, 6) is -11.7. The molecule has 0 saturated carbocycles. The van der Waals surface area contributed by atoms with Crippen molar-refractivity contribution in [1.29, 1.82) is 0 Å². The van der Waals surface area contributed by atoms with E-state index in [-0.39, 0.29) is 31.6 Å². The molecule has 14 unspecified atom stereocenters. The van der Waals surface area contributed by atoms with Crippen LogP contribution < -0.4 is 53.6 Å². The zero-order valence-corrected chi connectivity index (χ0v) is 47.3. The van der Waals surface area contributed by atoms with E-state index in [4.69, 9.17) is 22.1 Å². The summed E-state index contributed by atoms with van der Waals surface area (Å²) in [5, 5.41) is 43.8. The number of cyclic esters (lactones) is 1. The number of alkyl halides is 1. The van der Waals surface area contributed by atoms with Crippen molar-refractivity contribution in [3.8, 4) is 0 Å². The maximum absolute atomic E-state index is 14.2. The van der Waals surface area contributed by atoms with Crippen molar-refractivity contribution in [3.63, 3.8) is 0 Å². The standard InChI is InChI=1S/C52H82ClN11O15/c1-11-16-33-52(78)79-31(9)44(63-46(72)34(56-25-65)20-26(3)4)38(67)23-40(69)57-29(7)51(77)64(10)37(17-12-2)48(74)61-42(27(5)28(6)53)49(75)60-36(22-39(54)68)47(73)62-43(30(8)66)50(76)59-35(21-32-18-14-13-15-19-32)45(71)55-24-41(70)58-33/h13-15,18-19,25-31,33-38,42-44,66-67H,11-12,16-17,20-24H2,1-10H3,(H2,54,68)(H,55,71)(H,56,65)(H,57,69)(H,58,70)(H,59,76)(H,60,75)(H,61,74)(H,62,73)(H,63,72). The third-order valence-corrected chi connectivity index (χ3v) is 13.5. The highest BCUT2D eigenvalue weighted by atomic mass is 35.5. The number of hydrogen-bond donors (Lipinski definition) is 12. The molecule has 79 heavy (non-hydrogen) atoms. The van der Waals surface area contributed by atoms with Crippen LogP contribution in [0.15, 0.2) is 30.3 Å². The highest BCUT2D eigenvalue weighted by Gasteiger charge is 2.40. The van der Waals surface area contributed by atoms with Gasteiger partial charge in [0.1, 0.15) is 54.4 Å². The minimum Gasteiger partial charge on any atom is -0.459 e. The SMILES string of the molecule is CCCC1NC(=O)CNC(=O)C(Cc2ccccc2)NC(=O)C(C(C)O)NC(=O)C(CC(N)=O)NC(=O)C(C(C)C(C)Cl)NC(=O)C(CCC)N(C)C(=O)C(C)NC(=O)CC(O)C(NC(=O)C(CC(C)C)NC=O)C(C)OC1=O. The molecule has 0 aliphatic carbocycles. The molecule has 1 aromatic rings. The highest BCUT2D eigenvalue weighted by molar-refractivity contribution is 6.20. The molecule has 2 rings (SSSR count). The lowest BCUT2D eigenvalue weighted by Gasteiger charge is -2.33. The number of amides is 11.